The fourth-order valence-corrected chi connectivity index (χ4v) is 2.22. The molecule has 2 rings (SSSR count). The highest BCUT2D eigenvalue weighted by Gasteiger charge is 2.26. The molecule has 0 saturated heterocycles. The molecule has 23 heavy (non-hydrogen) atoms. The fourth-order valence-electron chi connectivity index (χ4n) is 2.22. The number of nitrogens with one attached hydrogen (secondary N) is 1. The predicted molar refractivity (Wildman–Crippen MR) is 80.1 cm³/mol. The topological polar surface area (TPSA) is 157 Å². The molecule has 0 aliphatic heterocycles. The molecule has 0 unspecified atom stereocenters. The minimum absolute atomic E-state index is 0.148. The van der Waals surface area contributed by atoms with E-state index in [-0.39, 0.29) is 17.5 Å². The summed E-state index contributed by atoms with van der Waals surface area (Å²) in [6.07, 6.45) is 0.148. The Kier molecular flexibility index (Phi) is 4.14. The van der Waals surface area contributed by atoms with E-state index < -0.39 is 34.4 Å². The second kappa shape index (κ2) is 6.03. The third-order valence-electron chi connectivity index (χ3n) is 3.20. The van der Waals surface area contributed by atoms with Crippen LogP contribution in [-0.2, 0) is 6.42 Å². The maximum Gasteiger partial charge on any atom is 0.342 e. The number of aromatic nitrogens is 1. The Morgan fingerprint density at radius 2 is 1.70 bits per heavy atom. The van der Waals surface area contributed by atoms with Crippen molar-refractivity contribution in [3.63, 3.8) is 0 Å². The maximum atomic E-state index is 11.9. The Hall–Kier alpha value is -3.60. The lowest BCUT2D eigenvalue weighted by atomic mass is 9.94. The van der Waals surface area contributed by atoms with Crippen LogP contribution in [0.5, 0.6) is 0 Å². The molecular formula is C15H11N3O5. The van der Waals surface area contributed by atoms with E-state index in [9.17, 15) is 24.6 Å². The average molecular weight is 313 g/mol. The first-order valence-electron chi connectivity index (χ1n) is 6.35. The molecule has 0 radical (unpaired) electrons. The van der Waals surface area contributed by atoms with Crippen molar-refractivity contribution in [2.24, 2.45) is 0 Å². The molecule has 0 aliphatic carbocycles. The number of nitrogens with zero attached hydrogens (tertiary/aromatic N) is 1. The van der Waals surface area contributed by atoms with E-state index in [1.54, 1.807) is 12.1 Å². The minimum Gasteiger partial charge on any atom is -0.478 e. The summed E-state index contributed by atoms with van der Waals surface area (Å²) in [6, 6.07) is 7.94. The summed E-state index contributed by atoms with van der Waals surface area (Å²) in [6.45, 7) is 0. The van der Waals surface area contributed by atoms with Crippen LogP contribution in [-0.4, -0.2) is 27.1 Å². The van der Waals surface area contributed by atoms with Crippen LogP contribution in [0.3, 0.4) is 0 Å². The van der Waals surface area contributed by atoms with E-state index >= 15 is 0 Å². The number of carboxylic acid groups (broad SMARTS) is 2. The zero-order chi connectivity index (χ0) is 17.1. The molecule has 0 atom stereocenters. The van der Waals surface area contributed by atoms with E-state index in [2.05, 4.69) is 0 Å². The zero-order valence-electron chi connectivity index (χ0n) is 11.7. The molecule has 0 spiro atoms. The molecule has 0 saturated carbocycles. The Morgan fingerprint density at radius 3 is 2.17 bits per heavy atom. The zero-order valence-corrected chi connectivity index (χ0v) is 11.7. The summed E-state index contributed by atoms with van der Waals surface area (Å²) in [7, 11) is 0. The maximum absolute atomic E-state index is 11.9. The lowest BCUT2D eigenvalue weighted by molar-refractivity contribution is 0.0695. The van der Waals surface area contributed by atoms with Gasteiger partial charge in [0.1, 0.15) is 16.9 Å². The van der Waals surface area contributed by atoms with Crippen molar-refractivity contribution in [2.75, 3.05) is 5.73 Å². The minimum atomic E-state index is -1.56. The van der Waals surface area contributed by atoms with Crippen LogP contribution in [0.25, 0.3) is 11.1 Å². The van der Waals surface area contributed by atoms with Crippen molar-refractivity contribution in [3.05, 3.63) is 51.3 Å². The molecule has 0 amide bonds. The van der Waals surface area contributed by atoms with Crippen LogP contribution in [0.15, 0.2) is 29.1 Å². The fraction of sp³-hybridized carbons (Fsp3) is 0.0667. The number of nitrogen functional groups attached to an aromatic ring is 1. The van der Waals surface area contributed by atoms with Crippen LogP contribution >= 0.6 is 0 Å². The number of benzene rings is 1. The Labute approximate surface area is 129 Å². The summed E-state index contributed by atoms with van der Waals surface area (Å²) < 4.78 is 0. The van der Waals surface area contributed by atoms with E-state index in [1.807, 2.05) is 11.1 Å². The highest BCUT2D eigenvalue weighted by atomic mass is 16.4. The highest BCUT2D eigenvalue weighted by Crippen LogP contribution is 2.29. The van der Waals surface area contributed by atoms with Gasteiger partial charge in [-0.05, 0) is 11.1 Å². The third kappa shape index (κ3) is 2.89. The van der Waals surface area contributed by atoms with Crippen molar-refractivity contribution < 1.29 is 19.8 Å². The Balaban J connectivity index is 2.82. The number of hydrogen-bond donors (Lipinski definition) is 4. The van der Waals surface area contributed by atoms with Gasteiger partial charge in [0.25, 0.3) is 5.56 Å². The number of aromatic carboxylic acids is 2. The SMILES string of the molecule is N#CCc1ccc(-c2c(C(=O)O)c(N)[nH]c(=O)c2C(=O)O)cc1. The van der Waals surface area contributed by atoms with Crippen LogP contribution in [0, 0.1) is 11.3 Å². The third-order valence-corrected chi connectivity index (χ3v) is 3.20. The van der Waals surface area contributed by atoms with Gasteiger partial charge in [-0.2, -0.15) is 5.26 Å². The largest absolute Gasteiger partial charge is 0.478 e. The molecule has 5 N–H and O–H groups in total. The van der Waals surface area contributed by atoms with Crippen molar-refractivity contribution in [1.29, 1.82) is 5.26 Å². The summed E-state index contributed by atoms with van der Waals surface area (Å²) in [4.78, 5) is 36.7. The first-order chi connectivity index (χ1) is 10.9. The molecule has 8 nitrogen and oxygen atoms in total. The molecule has 1 aromatic carbocycles. The average Bonchev–Trinajstić information content (AvgIpc) is 2.46. The van der Waals surface area contributed by atoms with Gasteiger partial charge in [-0.15, -0.1) is 0 Å². The lowest BCUT2D eigenvalue weighted by Gasteiger charge is -2.12. The standard InChI is InChI=1S/C15H11N3O5/c16-6-5-7-1-3-8(4-2-7)9-10(14(20)21)12(17)18-13(19)11(9)15(22)23/h1-4H,5H2,(H,20,21)(H,22,23)(H3,17,18,19). The summed E-state index contributed by atoms with van der Waals surface area (Å²) in [5, 5.41) is 27.2. The lowest BCUT2D eigenvalue weighted by Crippen LogP contribution is -2.24. The van der Waals surface area contributed by atoms with Crippen molar-refractivity contribution in [3.8, 4) is 17.2 Å². The number of carbonyl (C=O) groups is 2. The molecule has 2 aromatic rings. The van der Waals surface area contributed by atoms with E-state index in [0.29, 0.717) is 5.56 Å². The molecule has 0 aliphatic rings. The van der Waals surface area contributed by atoms with Gasteiger partial charge in [-0.1, -0.05) is 24.3 Å². The quantitative estimate of drug-likeness (QED) is 0.657. The van der Waals surface area contributed by atoms with Gasteiger partial charge in [0.2, 0.25) is 0 Å². The summed E-state index contributed by atoms with van der Waals surface area (Å²) in [5.74, 6) is -3.45. The van der Waals surface area contributed by atoms with E-state index in [4.69, 9.17) is 11.0 Å². The van der Waals surface area contributed by atoms with Gasteiger partial charge in [0.05, 0.1) is 12.5 Å². The monoisotopic (exact) mass is 313 g/mol. The molecule has 1 aromatic heterocycles. The van der Waals surface area contributed by atoms with Crippen LogP contribution < -0.4 is 11.3 Å². The summed E-state index contributed by atoms with van der Waals surface area (Å²) in [5.41, 5.74) is 3.96. The molecule has 8 heteroatoms. The number of nitriles is 1. The Morgan fingerprint density at radius 1 is 1.13 bits per heavy atom. The number of aromatic amines is 1. The molecule has 0 bridgehead atoms. The summed E-state index contributed by atoms with van der Waals surface area (Å²) >= 11 is 0. The van der Waals surface area contributed by atoms with Gasteiger partial charge < -0.3 is 20.9 Å². The number of hydrogen-bond acceptors (Lipinski definition) is 5. The molecule has 1 heterocycles. The van der Waals surface area contributed by atoms with Crippen LogP contribution in [0.1, 0.15) is 26.3 Å². The normalized spacial score (nSPS) is 10.0. The predicted octanol–water partition coefficient (Wildman–Crippen LogP) is 1.09. The van der Waals surface area contributed by atoms with Crippen molar-refractivity contribution in [2.45, 2.75) is 6.42 Å². The van der Waals surface area contributed by atoms with Gasteiger partial charge in [-0.25, -0.2) is 9.59 Å². The smallest absolute Gasteiger partial charge is 0.342 e. The van der Waals surface area contributed by atoms with Gasteiger partial charge in [0.15, 0.2) is 0 Å². The molecule has 0 fully saturated rings. The van der Waals surface area contributed by atoms with Crippen molar-refractivity contribution >= 4 is 17.8 Å². The van der Waals surface area contributed by atoms with Crippen LogP contribution in [0.2, 0.25) is 0 Å². The molecular weight excluding hydrogens is 302 g/mol. The number of rotatable bonds is 4. The van der Waals surface area contributed by atoms with E-state index in [0.717, 1.165) is 0 Å². The molecule has 116 valence electrons. The second-order valence-electron chi connectivity index (χ2n) is 4.63. The van der Waals surface area contributed by atoms with Crippen LogP contribution in [0.4, 0.5) is 5.82 Å². The van der Waals surface area contributed by atoms with Gasteiger partial charge in [-0.3, -0.25) is 4.79 Å². The first kappa shape index (κ1) is 15.8. The number of H-pyrrole nitrogens is 1. The van der Waals surface area contributed by atoms with E-state index in [1.165, 1.54) is 12.1 Å². The first-order valence-corrected chi connectivity index (χ1v) is 6.35. The number of anilines is 1. The number of carboxylic acids is 2. The highest BCUT2D eigenvalue weighted by molar-refractivity contribution is 6.07. The number of pyridine rings is 1. The van der Waals surface area contributed by atoms with Crippen molar-refractivity contribution in [1.82, 2.24) is 4.98 Å². The second-order valence-corrected chi connectivity index (χ2v) is 4.63. The number of nitrogens with two attached hydrogens (primary N) is 1. The van der Waals surface area contributed by atoms with Gasteiger partial charge >= 0.3 is 11.9 Å². The van der Waals surface area contributed by atoms with Gasteiger partial charge in [0, 0.05) is 5.56 Å². The Bertz CT molecular complexity index is 891.